The van der Waals surface area contributed by atoms with E-state index in [4.69, 9.17) is 10.00 Å². The molecule has 0 aliphatic rings. The number of rotatable bonds is 6. The van der Waals surface area contributed by atoms with Crippen LogP contribution in [-0.2, 0) is 10.0 Å². The van der Waals surface area contributed by atoms with E-state index in [1.165, 1.54) is 24.3 Å². The summed E-state index contributed by atoms with van der Waals surface area (Å²) in [5, 5.41) is 8.82. The van der Waals surface area contributed by atoms with Crippen LogP contribution in [0.25, 0.3) is 0 Å². The molecule has 2 rings (SSSR count). The largest absolute Gasteiger partial charge is 0.497 e. The summed E-state index contributed by atoms with van der Waals surface area (Å²) in [5.74, 6) is 0.780. The predicted molar refractivity (Wildman–Crippen MR) is 92.1 cm³/mol. The van der Waals surface area contributed by atoms with Crippen molar-refractivity contribution in [3.63, 3.8) is 0 Å². The average Bonchev–Trinajstić information content (AvgIpc) is 2.59. The Morgan fingerprint density at radius 2 is 1.62 bits per heavy atom. The molecule has 0 aromatic heterocycles. The van der Waals surface area contributed by atoms with Crippen molar-refractivity contribution in [2.45, 2.75) is 24.8 Å². The second-order valence-electron chi connectivity index (χ2n) is 5.75. The van der Waals surface area contributed by atoms with Crippen molar-refractivity contribution < 1.29 is 13.2 Å². The maximum Gasteiger partial charge on any atom is 0.241 e. The van der Waals surface area contributed by atoms with E-state index in [2.05, 4.69) is 4.72 Å². The van der Waals surface area contributed by atoms with Crippen LogP contribution >= 0.6 is 0 Å². The first-order chi connectivity index (χ1) is 11.4. The molecule has 0 bridgehead atoms. The summed E-state index contributed by atoms with van der Waals surface area (Å²) in [7, 11) is -2.10. The van der Waals surface area contributed by atoms with Crippen LogP contribution in [0.1, 0.15) is 31.0 Å². The van der Waals surface area contributed by atoms with Gasteiger partial charge in [0, 0.05) is 6.04 Å². The number of nitrogens with one attached hydrogen (secondary N) is 1. The number of hydrogen-bond donors (Lipinski definition) is 1. The normalized spacial score (nSPS) is 12.6. The van der Waals surface area contributed by atoms with E-state index in [1.807, 2.05) is 32.0 Å². The van der Waals surface area contributed by atoms with Crippen molar-refractivity contribution in [3.05, 3.63) is 59.7 Å². The van der Waals surface area contributed by atoms with Crippen LogP contribution in [0, 0.1) is 17.2 Å². The van der Waals surface area contributed by atoms with Gasteiger partial charge in [-0.2, -0.15) is 5.26 Å². The third-order valence-electron chi connectivity index (χ3n) is 3.72. The van der Waals surface area contributed by atoms with Crippen LogP contribution in [0.3, 0.4) is 0 Å². The highest BCUT2D eigenvalue weighted by molar-refractivity contribution is 7.89. The zero-order chi connectivity index (χ0) is 17.7. The van der Waals surface area contributed by atoms with Gasteiger partial charge in [-0.15, -0.1) is 0 Å². The minimum atomic E-state index is -3.68. The van der Waals surface area contributed by atoms with E-state index >= 15 is 0 Å². The molecule has 24 heavy (non-hydrogen) atoms. The molecular formula is C18H20N2O3S. The Balaban J connectivity index is 2.29. The lowest BCUT2D eigenvalue weighted by Gasteiger charge is -2.23. The van der Waals surface area contributed by atoms with Crippen LogP contribution in [0.15, 0.2) is 53.4 Å². The first kappa shape index (κ1) is 18.0. The molecule has 0 saturated carbocycles. The van der Waals surface area contributed by atoms with Crippen molar-refractivity contribution in [2.24, 2.45) is 5.92 Å². The van der Waals surface area contributed by atoms with E-state index in [9.17, 15) is 8.42 Å². The summed E-state index contributed by atoms with van der Waals surface area (Å²) in [6, 6.07) is 14.8. The van der Waals surface area contributed by atoms with Gasteiger partial charge in [-0.1, -0.05) is 26.0 Å². The molecule has 0 radical (unpaired) electrons. The van der Waals surface area contributed by atoms with E-state index in [-0.39, 0.29) is 16.9 Å². The number of ether oxygens (including phenoxy) is 1. The van der Waals surface area contributed by atoms with Gasteiger partial charge in [-0.25, -0.2) is 13.1 Å². The molecule has 1 atom stereocenters. The minimum absolute atomic E-state index is 0.0616. The lowest BCUT2D eigenvalue weighted by atomic mass is 9.97. The maximum absolute atomic E-state index is 12.6. The Kier molecular flexibility index (Phi) is 5.60. The quantitative estimate of drug-likeness (QED) is 0.872. The van der Waals surface area contributed by atoms with Crippen LogP contribution < -0.4 is 9.46 Å². The average molecular weight is 344 g/mol. The molecule has 0 saturated heterocycles. The molecule has 126 valence electrons. The van der Waals surface area contributed by atoms with Crippen molar-refractivity contribution in [2.75, 3.05) is 7.11 Å². The molecule has 0 amide bonds. The molecule has 0 unspecified atom stereocenters. The first-order valence-electron chi connectivity index (χ1n) is 7.54. The highest BCUT2D eigenvalue weighted by Crippen LogP contribution is 2.26. The van der Waals surface area contributed by atoms with Crippen LogP contribution in [-0.4, -0.2) is 15.5 Å². The van der Waals surface area contributed by atoms with Gasteiger partial charge in [0.05, 0.1) is 23.6 Å². The van der Waals surface area contributed by atoms with E-state index in [1.54, 1.807) is 19.2 Å². The van der Waals surface area contributed by atoms with Crippen molar-refractivity contribution in [1.82, 2.24) is 4.72 Å². The molecule has 6 heteroatoms. The number of nitriles is 1. The van der Waals surface area contributed by atoms with Crippen molar-refractivity contribution in [1.29, 1.82) is 5.26 Å². The molecule has 2 aromatic carbocycles. The van der Waals surface area contributed by atoms with Gasteiger partial charge in [0.15, 0.2) is 0 Å². The van der Waals surface area contributed by atoms with Gasteiger partial charge < -0.3 is 4.74 Å². The second-order valence-corrected chi connectivity index (χ2v) is 7.47. The fraction of sp³-hybridized carbons (Fsp3) is 0.278. The number of benzene rings is 2. The second kappa shape index (κ2) is 7.47. The maximum atomic E-state index is 12.6. The lowest BCUT2D eigenvalue weighted by molar-refractivity contribution is 0.413. The number of hydrogen-bond acceptors (Lipinski definition) is 4. The Labute approximate surface area is 142 Å². The molecule has 0 spiro atoms. The predicted octanol–water partition coefficient (Wildman–Crippen LogP) is 3.24. The zero-order valence-corrected chi connectivity index (χ0v) is 14.7. The topological polar surface area (TPSA) is 79.2 Å². The van der Waals surface area contributed by atoms with Crippen molar-refractivity contribution in [3.8, 4) is 11.8 Å². The smallest absolute Gasteiger partial charge is 0.241 e. The fourth-order valence-corrected chi connectivity index (χ4v) is 3.72. The van der Waals surface area contributed by atoms with Gasteiger partial charge in [0.1, 0.15) is 5.75 Å². The minimum Gasteiger partial charge on any atom is -0.497 e. The van der Waals surface area contributed by atoms with Crippen LogP contribution in [0.4, 0.5) is 0 Å². The van der Waals surface area contributed by atoms with Gasteiger partial charge in [-0.05, 0) is 47.9 Å². The Bertz CT molecular complexity index is 820. The zero-order valence-electron chi connectivity index (χ0n) is 13.9. The molecular weight excluding hydrogens is 324 g/mol. The molecule has 0 aliphatic carbocycles. The first-order valence-corrected chi connectivity index (χ1v) is 9.02. The van der Waals surface area contributed by atoms with Gasteiger partial charge in [0.25, 0.3) is 0 Å². The lowest BCUT2D eigenvalue weighted by Crippen LogP contribution is -2.31. The van der Waals surface area contributed by atoms with Crippen molar-refractivity contribution >= 4 is 10.0 Å². The van der Waals surface area contributed by atoms with Gasteiger partial charge in [0.2, 0.25) is 10.0 Å². The standard InChI is InChI=1S/C18H20N2O3S/c1-13(2)18(15-6-8-16(23-3)9-7-15)20-24(21,22)17-10-4-14(12-19)5-11-17/h4-11,13,18,20H,1-3H3/t18-/m0/s1. The number of methoxy groups -OCH3 is 1. The van der Waals surface area contributed by atoms with Gasteiger partial charge >= 0.3 is 0 Å². The Morgan fingerprint density at radius 3 is 2.08 bits per heavy atom. The summed E-state index contributed by atoms with van der Waals surface area (Å²) >= 11 is 0. The molecule has 0 aliphatic heterocycles. The monoisotopic (exact) mass is 344 g/mol. The molecule has 0 fully saturated rings. The summed E-state index contributed by atoms with van der Waals surface area (Å²) in [6.45, 7) is 3.91. The third kappa shape index (κ3) is 4.13. The highest BCUT2D eigenvalue weighted by Gasteiger charge is 2.24. The fourth-order valence-electron chi connectivity index (χ4n) is 2.34. The molecule has 0 heterocycles. The SMILES string of the molecule is COc1ccc([C@@H](NS(=O)(=O)c2ccc(C#N)cc2)C(C)C)cc1. The van der Waals surface area contributed by atoms with E-state index in [0.29, 0.717) is 5.56 Å². The Hall–Kier alpha value is -2.36. The highest BCUT2D eigenvalue weighted by atomic mass is 32.2. The molecule has 1 N–H and O–H groups in total. The Morgan fingerprint density at radius 1 is 1.04 bits per heavy atom. The summed E-state index contributed by atoms with van der Waals surface area (Å²) in [5.41, 5.74) is 1.28. The third-order valence-corrected chi connectivity index (χ3v) is 5.17. The summed E-state index contributed by atoms with van der Waals surface area (Å²) in [6.07, 6.45) is 0. The van der Waals surface area contributed by atoms with Gasteiger partial charge in [-0.3, -0.25) is 0 Å². The number of sulfonamides is 1. The van der Waals surface area contributed by atoms with Crippen LogP contribution in [0.2, 0.25) is 0 Å². The number of nitrogens with zero attached hydrogens (tertiary/aromatic N) is 1. The van der Waals surface area contributed by atoms with Crippen LogP contribution in [0.5, 0.6) is 5.75 Å². The molecule has 5 nitrogen and oxygen atoms in total. The summed E-state index contributed by atoms with van der Waals surface area (Å²) < 4.78 is 33.1. The van der Waals surface area contributed by atoms with E-state index in [0.717, 1.165) is 11.3 Å². The summed E-state index contributed by atoms with van der Waals surface area (Å²) in [4.78, 5) is 0.140. The van der Waals surface area contributed by atoms with E-state index < -0.39 is 10.0 Å². The molecule has 2 aromatic rings.